The van der Waals surface area contributed by atoms with Crippen LogP contribution in [0.3, 0.4) is 0 Å². The zero-order chi connectivity index (χ0) is 18.9. The number of esters is 1. The fourth-order valence-corrected chi connectivity index (χ4v) is 3.14. The van der Waals surface area contributed by atoms with Crippen molar-refractivity contribution < 1.29 is 18.7 Å². The van der Waals surface area contributed by atoms with Gasteiger partial charge in [0, 0.05) is 13.5 Å². The Morgan fingerprint density at radius 1 is 1.16 bits per heavy atom. The van der Waals surface area contributed by atoms with Gasteiger partial charge in [-0.15, -0.1) is 0 Å². The molecule has 0 aliphatic rings. The zero-order valence-electron chi connectivity index (χ0n) is 16.6. The molecule has 1 aromatic carbocycles. The van der Waals surface area contributed by atoms with Crippen molar-refractivity contribution in [3.8, 4) is 0 Å². The predicted octanol–water partition coefficient (Wildman–Crippen LogP) is 4.94. The summed E-state index contributed by atoms with van der Waals surface area (Å²) in [4.78, 5) is 11.4. The van der Waals surface area contributed by atoms with E-state index in [2.05, 4.69) is 46.0 Å². The summed E-state index contributed by atoms with van der Waals surface area (Å²) in [5.74, 6) is -0.256. The van der Waals surface area contributed by atoms with E-state index in [1.807, 2.05) is 18.2 Å². The minimum atomic E-state index is -1.84. The average Bonchev–Trinajstić information content (AvgIpc) is 2.51. The maximum Gasteiger partial charge on any atom is 0.302 e. The smallest absolute Gasteiger partial charge is 0.302 e. The van der Waals surface area contributed by atoms with Gasteiger partial charge >= 0.3 is 5.97 Å². The van der Waals surface area contributed by atoms with Crippen LogP contribution in [0.15, 0.2) is 30.3 Å². The third-order valence-electron chi connectivity index (χ3n) is 4.70. The predicted molar refractivity (Wildman–Crippen MR) is 104 cm³/mol. The molecule has 4 nitrogen and oxygen atoms in total. The van der Waals surface area contributed by atoms with E-state index in [0.717, 1.165) is 12.8 Å². The maximum atomic E-state index is 11.4. The Morgan fingerprint density at radius 3 is 2.36 bits per heavy atom. The zero-order valence-corrected chi connectivity index (χ0v) is 17.6. The Hall–Kier alpha value is -1.17. The Labute approximate surface area is 154 Å². The van der Waals surface area contributed by atoms with E-state index in [-0.39, 0.29) is 17.1 Å². The maximum absolute atomic E-state index is 11.4. The molecule has 0 radical (unpaired) electrons. The van der Waals surface area contributed by atoms with Gasteiger partial charge in [-0.1, -0.05) is 51.1 Å². The van der Waals surface area contributed by atoms with Crippen LogP contribution in [0.4, 0.5) is 0 Å². The van der Waals surface area contributed by atoms with Crippen LogP contribution in [0, 0.1) is 0 Å². The van der Waals surface area contributed by atoms with Crippen molar-refractivity contribution >= 4 is 14.3 Å². The Bertz CT molecular complexity index is 508. The number of hydrogen-bond donors (Lipinski definition) is 0. The molecule has 0 heterocycles. The van der Waals surface area contributed by atoms with Crippen LogP contribution in [-0.4, -0.2) is 33.6 Å². The first kappa shape index (κ1) is 21.9. The summed E-state index contributed by atoms with van der Waals surface area (Å²) < 4.78 is 17.3. The van der Waals surface area contributed by atoms with Gasteiger partial charge in [-0.2, -0.15) is 0 Å². The van der Waals surface area contributed by atoms with Gasteiger partial charge in [-0.05, 0) is 36.5 Å². The van der Waals surface area contributed by atoms with E-state index in [9.17, 15) is 4.79 Å². The molecule has 0 bridgehead atoms. The first-order chi connectivity index (χ1) is 11.6. The number of carbonyl (C=O) groups is 1. The molecule has 1 atom stereocenters. The summed E-state index contributed by atoms with van der Waals surface area (Å²) in [5.41, 5.74) is 1.17. The van der Waals surface area contributed by atoms with Gasteiger partial charge in [0.1, 0.15) is 6.10 Å². The van der Waals surface area contributed by atoms with Crippen LogP contribution < -0.4 is 0 Å². The van der Waals surface area contributed by atoms with Crippen LogP contribution in [0.5, 0.6) is 0 Å². The van der Waals surface area contributed by atoms with Crippen LogP contribution in [0.2, 0.25) is 18.1 Å². The molecule has 0 saturated carbocycles. The monoisotopic (exact) mass is 366 g/mol. The van der Waals surface area contributed by atoms with Crippen molar-refractivity contribution in [3.05, 3.63) is 35.9 Å². The van der Waals surface area contributed by atoms with E-state index in [1.54, 1.807) is 0 Å². The molecular formula is C20H34O4Si. The second-order valence-corrected chi connectivity index (χ2v) is 12.8. The standard InChI is InChI=1S/C20H34O4Si/c1-17(21)24-19(16-23-25(5,6)20(2,3)4)13-10-14-22-15-18-11-8-7-9-12-18/h7-9,11-12,19H,10,13-16H2,1-6H3/t19-/m1/s1. The largest absolute Gasteiger partial charge is 0.460 e. The van der Waals surface area contributed by atoms with Crippen LogP contribution in [-0.2, 0) is 25.3 Å². The lowest BCUT2D eigenvalue weighted by Gasteiger charge is -2.37. The number of hydrogen-bond acceptors (Lipinski definition) is 4. The highest BCUT2D eigenvalue weighted by atomic mass is 28.4. The van der Waals surface area contributed by atoms with E-state index < -0.39 is 8.32 Å². The lowest BCUT2D eigenvalue weighted by molar-refractivity contribution is -0.148. The number of ether oxygens (including phenoxy) is 2. The molecule has 0 spiro atoms. The third kappa shape index (κ3) is 8.65. The molecule has 25 heavy (non-hydrogen) atoms. The highest BCUT2D eigenvalue weighted by molar-refractivity contribution is 6.74. The summed E-state index contributed by atoms with van der Waals surface area (Å²) in [6.07, 6.45) is 1.39. The molecule has 0 amide bonds. The van der Waals surface area contributed by atoms with Crippen molar-refractivity contribution in [2.24, 2.45) is 0 Å². The molecule has 0 aromatic heterocycles. The molecular weight excluding hydrogens is 332 g/mol. The van der Waals surface area contributed by atoms with Crippen molar-refractivity contribution in [3.63, 3.8) is 0 Å². The van der Waals surface area contributed by atoms with Crippen LogP contribution in [0.25, 0.3) is 0 Å². The first-order valence-corrected chi connectivity index (χ1v) is 12.0. The molecule has 0 fully saturated rings. The molecule has 5 heteroatoms. The van der Waals surface area contributed by atoms with E-state index in [4.69, 9.17) is 13.9 Å². The van der Waals surface area contributed by atoms with Crippen molar-refractivity contribution in [1.82, 2.24) is 0 Å². The third-order valence-corrected chi connectivity index (χ3v) is 9.20. The summed E-state index contributed by atoms with van der Waals surface area (Å²) in [6.45, 7) is 14.2. The molecule has 1 rings (SSSR count). The molecule has 0 saturated heterocycles. The van der Waals surface area contributed by atoms with E-state index in [0.29, 0.717) is 19.8 Å². The lowest BCUT2D eigenvalue weighted by Crippen LogP contribution is -2.43. The highest BCUT2D eigenvalue weighted by Gasteiger charge is 2.37. The number of carbonyl (C=O) groups excluding carboxylic acids is 1. The number of rotatable bonds is 10. The molecule has 0 unspecified atom stereocenters. The SMILES string of the molecule is CC(=O)O[C@H](CCCOCc1ccccc1)CO[Si](C)(C)C(C)(C)C. The van der Waals surface area contributed by atoms with Crippen molar-refractivity contribution in [2.75, 3.05) is 13.2 Å². The van der Waals surface area contributed by atoms with Gasteiger partial charge in [0.15, 0.2) is 8.32 Å². The molecule has 0 aliphatic carbocycles. The van der Waals surface area contributed by atoms with Crippen molar-refractivity contribution in [1.29, 1.82) is 0 Å². The summed E-state index contributed by atoms with van der Waals surface area (Å²) >= 11 is 0. The topological polar surface area (TPSA) is 44.8 Å². The summed E-state index contributed by atoms with van der Waals surface area (Å²) in [6, 6.07) is 10.1. The Balaban J connectivity index is 2.36. The van der Waals surface area contributed by atoms with Gasteiger partial charge in [0.2, 0.25) is 0 Å². The van der Waals surface area contributed by atoms with Gasteiger partial charge < -0.3 is 13.9 Å². The summed E-state index contributed by atoms with van der Waals surface area (Å²) in [5, 5.41) is 0.145. The van der Waals surface area contributed by atoms with Gasteiger partial charge in [0.25, 0.3) is 0 Å². The van der Waals surface area contributed by atoms with Gasteiger partial charge in [0.05, 0.1) is 13.2 Å². The van der Waals surface area contributed by atoms with Crippen molar-refractivity contribution in [2.45, 2.75) is 71.4 Å². The molecule has 142 valence electrons. The highest BCUT2D eigenvalue weighted by Crippen LogP contribution is 2.36. The van der Waals surface area contributed by atoms with Gasteiger partial charge in [-0.25, -0.2) is 0 Å². The van der Waals surface area contributed by atoms with Crippen LogP contribution >= 0.6 is 0 Å². The minimum absolute atomic E-state index is 0.145. The lowest BCUT2D eigenvalue weighted by atomic mass is 10.2. The Kier molecular flexibility index (Phi) is 8.83. The first-order valence-electron chi connectivity index (χ1n) is 9.04. The molecule has 0 N–H and O–H groups in total. The quantitative estimate of drug-likeness (QED) is 0.334. The normalized spacial score (nSPS) is 13.5. The minimum Gasteiger partial charge on any atom is -0.460 e. The summed E-state index contributed by atoms with van der Waals surface area (Å²) in [7, 11) is -1.84. The second kappa shape index (κ2) is 10.1. The molecule has 1 aromatic rings. The molecule has 0 aliphatic heterocycles. The van der Waals surface area contributed by atoms with E-state index in [1.165, 1.54) is 12.5 Å². The fraction of sp³-hybridized carbons (Fsp3) is 0.650. The van der Waals surface area contributed by atoms with Gasteiger partial charge in [-0.3, -0.25) is 4.79 Å². The second-order valence-electron chi connectivity index (χ2n) is 7.98. The average molecular weight is 367 g/mol. The number of benzene rings is 1. The van der Waals surface area contributed by atoms with Crippen LogP contribution in [0.1, 0.15) is 46.1 Å². The van der Waals surface area contributed by atoms with E-state index >= 15 is 0 Å². The fourth-order valence-electron chi connectivity index (χ4n) is 2.11. The Morgan fingerprint density at radius 2 is 1.80 bits per heavy atom.